The number of nitrogens with zero attached hydrogens (tertiary/aromatic N) is 1. The fourth-order valence-electron chi connectivity index (χ4n) is 3.40. The minimum absolute atomic E-state index is 0.143. The Bertz CT molecular complexity index is 1040. The minimum Gasteiger partial charge on any atom is -0.489 e. The van der Waals surface area contributed by atoms with Crippen molar-refractivity contribution in [3.05, 3.63) is 89.7 Å². The van der Waals surface area contributed by atoms with Crippen molar-refractivity contribution in [1.29, 1.82) is 0 Å². The van der Waals surface area contributed by atoms with E-state index in [-0.39, 0.29) is 12.2 Å². The predicted octanol–water partition coefficient (Wildman–Crippen LogP) is 5.48. The maximum atomic E-state index is 12.2. The van der Waals surface area contributed by atoms with Crippen molar-refractivity contribution in [3.8, 4) is 11.5 Å². The molecule has 0 bridgehead atoms. The van der Waals surface area contributed by atoms with Crippen LogP contribution in [-0.4, -0.2) is 21.8 Å². The predicted molar refractivity (Wildman–Crippen MR) is 121 cm³/mol. The van der Waals surface area contributed by atoms with Gasteiger partial charge in [0.05, 0.1) is 11.5 Å². The monoisotopic (exact) mass is 433 g/mol. The summed E-state index contributed by atoms with van der Waals surface area (Å²) in [6.45, 7) is 3.64. The van der Waals surface area contributed by atoms with Gasteiger partial charge in [-0.2, -0.15) is 0 Å². The van der Waals surface area contributed by atoms with Crippen LogP contribution < -0.4 is 9.47 Å². The van der Waals surface area contributed by atoms with Crippen LogP contribution in [0.5, 0.6) is 11.5 Å². The Morgan fingerprint density at radius 3 is 2.47 bits per heavy atom. The van der Waals surface area contributed by atoms with Crippen molar-refractivity contribution in [1.82, 2.24) is 4.98 Å². The molecule has 0 spiro atoms. The SMILES string of the molecule is CCC(CC(Oc1cc(OCc2cccnc2)ccc1C(C)=O)c1ccccc1)C(=O)O. The van der Waals surface area contributed by atoms with Crippen LogP contribution in [-0.2, 0) is 11.4 Å². The highest BCUT2D eigenvalue weighted by Crippen LogP contribution is 2.33. The molecule has 0 aliphatic heterocycles. The fraction of sp³-hybridized carbons (Fsp3) is 0.269. The fourth-order valence-corrected chi connectivity index (χ4v) is 3.40. The molecule has 0 saturated carbocycles. The molecule has 166 valence electrons. The normalized spacial score (nSPS) is 12.6. The summed E-state index contributed by atoms with van der Waals surface area (Å²) in [4.78, 5) is 28.0. The Morgan fingerprint density at radius 1 is 1.06 bits per heavy atom. The van der Waals surface area contributed by atoms with E-state index in [2.05, 4.69) is 4.98 Å². The average Bonchev–Trinajstić information content (AvgIpc) is 2.81. The third-order valence-corrected chi connectivity index (χ3v) is 5.24. The first kappa shape index (κ1) is 23.0. The third-order valence-electron chi connectivity index (χ3n) is 5.24. The Kier molecular flexibility index (Phi) is 7.97. The van der Waals surface area contributed by atoms with E-state index >= 15 is 0 Å². The molecule has 0 amide bonds. The summed E-state index contributed by atoms with van der Waals surface area (Å²) in [7, 11) is 0. The van der Waals surface area contributed by atoms with Crippen molar-refractivity contribution in [2.75, 3.05) is 0 Å². The van der Waals surface area contributed by atoms with E-state index in [9.17, 15) is 14.7 Å². The van der Waals surface area contributed by atoms with Gasteiger partial charge >= 0.3 is 5.97 Å². The molecule has 0 radical (unpaired) electrons. The van der Waals surface area contributed by atoms with Gasteiger partial charge in [-0.25, -0.2) is 0 Å². The van der Waals surface area contributed by atoms with Crippen molar-refractivity contribution >= 4 is 11.8 Å². The topological polar surface area (TPSA) is 85.7 Å². The van der Waals surface area contributed by atoms with Crippen LogP contribution in [0, 0.1) is 5.92 Å². The first-order valence-corrected chi connectivity index (χ1v) is 10.6. The molecule has 0 fully saturated rings. The molecule has 2 aromatic carbocycles. The highest BCUT2D eigenvalue weighted by molar-refractivity contribution is 5.97. The van der Waals surface area contributed by atoms with E-state index in [1.54, 1.807) is 30.6 Å². The Labute approximate surface area is 187 Å². The molecule has 6 heteroatoms. The molecular formula is C26H27NO5. The summed E-state index contributed by atoms with van der Waals surface area (Å²) < 4.78 is 12.2. The molecule has 0 aliphatic rings. The molecule has 2 unspecified atom stereocenters. The molecule has 0 saturated heterocycles. The van der Waals surface area contributed by atoms with E-state index in [1.807, 2.05) is 49.4 Å². The van der Waals surface area contributed by atoms with Crippen molar-refractivity contribution < 1.29 is 24.2 Å². The van der Waals surface area contributed by atoms with Gasteiger partial charge in [0.25, 0.3) is 0 Å². The second kappa shape index (κ2) is 11.1. The lowest BCUT2D eigenvalue weighted by Crippen LogP contribution is -2.20. The molecule has 32 heavy (non-hydrogen) atoms. The van der Waals surface area contributed by atoms with E-state index in [1.165, 1.54) is 6.92 Å². The molecular weight excluding hydrogens is 406 g/mol. The molecule has 3 aromatic rings. The average molecular weight is 434 g/mol. The standard InChI is InChI=1S/C26H27NO5/c1-3-20(26(29)30)14-24(21-9-5-4-6-10-21)32-25-15-22(11-12-23(25)18(2)28)31-17-19-8-7-13-27-16-19/h4-13,15-16,20,24H,3,14,17H2,1-2H3,(H,29,30). The summed E-state index contributed by atoms with van der Waals surface area (Å²) in [5.41, 5.74) is 2.19. The number of carboxylic acids is 1. The van der Waals surface area contributed by atoms with Crippen LogP contribution >= 0.6 is 0 Å². The summed E-state index contributed by atoms with van der Waals surface area (Å²) in [6.07, 6.45) is 3.67. The number of carboxylic acid groups (broad SMARTS) is 1. The Morgan fingerprint density at radius 2 is 1.84 bits per heavy atom. The largest absolute Gasteiger partial charge is 0.489 e. The smallest absolute Gasteiger partial charge is 0.306 e. The van der Waals surface area contributed by atoms with Gasteiger partial charge in [0.1, 0.15) is 24.2 Å². The molecule has 1 aromatic heterocycles. The molecule has 6 nitrogen and oxygen atoms in total. The number of Topliss-reactive ketones (excluding diaryl/α,β-unsaturated/α-hetero) is 1. The summed E-state index contributed by atoms with van der Waals surface area (Å²) in [5.74, 6) is -0.652. The Hall–Kier alpha value is -3.67. The van der Waals surface area contributed by atoms with Gasteiger partial charge in [-0.3, -0.25) is 14.6 Å². The van der Waals surface area contributed by atoms with Gasteiger partial charge < -0.3 is 14.6 Å². The maximum absolute atomic E-state index is 12.2. The zero-order valence-electron chi connectivity index (χ0n) is 18.2. The van der Waals surface area contributed by atoms with Crippen LogP contribution in [0.4, 0.5) is 0 Å². The Balaban J connectivity index is 1.89. The number of aromatic nitrogens is 1. The van der Waals surface area contributed by atoms with E-state index in [4.69, 9.17) is 9.47 Å². The number of rotatable bonds is 11. The van der Waals surface area contributed by atoms with Gasteiger partial charge in [0.15, 0.2) is 5.78 Å². The van der Waals surface area contributed by atoms with Crippen molar-refractivity contribution in [2.45, 2.75) is 39.4 Å². The number of ether oxygens (including phenoxy) is 2. The van der Waals surface area contributed by atoms with E-state index in [0.29, 0.717) is 30.1 Å². The molecule has 2 atom stereocenters. The van der Waals surface area contributed by atoms with Crippen LogP contribution in [0.2, 0.25) is 0 Å². The first-order chi connectivity index (χ1) is 15.5. The van der Waals surface area contributed by atoms with Gasteiger partial charge in [-0.1, -0.05) is 43.3 Å². The molecule has 1 N–H and O–H groups in total. The number of aliphatic carboxylic acids is 1. The zero-order valence-corrected chi connectivity index (χ0v) is 18.2. The van der Waals surface area contributed by atoms with Crippen molar-refractivity contribution in [3.63, 3.8) is 0 Å². The highest BCUT2D eigenvalue weighted by atomic mass is 16.5. The molecule has 3 rings (SSSR count). The molecule has 1 heterocycles. The summed E-state index contributed by atoms with van der Waals surface area (Å²) in [6, 6.07) is 18.3. The second-order valence-corrected chi connectivity index (χ2v) is 7.56. The van der Waals surface area contributed by atoms with Crippen LogP contribution in [0.3, 0.4) is 0 Å². The van der Waals surface area contributed by atoms with Crippen LogP contribution in [0.15, 0.2) is 73.1 Å². The van der Waals surface area contributed by atoms with Crippen molar-refractivity contribution in [2.24, 2.45) is 5.92 Å². The van der Waals surface area contributed by atoms with Crippen LogP contribution in [0.25, 0.3) is 0 Å². The lowest BCUT2D eigenvalue weighted by Gasteiger charge is -2.24. The number of hydrogen-bond donors (Lipinski definition) is 1. The van der Waals surface area contributed by atoms with Gasteiger partial charge in [-0.05, 0) is 37.1 Å². The maximum Gasteiger partial charge on any atom is 0.306 e. The summed E-state index contributed by atoms with van der Waals surface area (Å²) in [5, 5.41) is 9.57. The summed E-state index contributed by atoms with van der Waals surface area (Å²) >= 11 is 0. The lowest BCUT2D eigenvalue weighted by atomic mass is 9.94. The lowest BCUT2D eigenvalue weighted by molar-refractivity contribution is -0.142. The number of ketones is 1. The number of pyridine rings is 1. The number of hydrogen-bond acceptors (Lipinski definition) is 5. The molecule has 0 aliphatic carbocycles. The minimum atomic E-state index is -0.864. The number of carbonyl (C=O) groups is 2. The van der Waals surface area contributed by atoms with Gasteiger partial charge in [0.2, 0.25) is 0 Å². The van der Waals surface area contributed by atoms with Gasteiger partial charge in [-0.15, -0.1) is 0 Å². The number of benzene rings is 2. The quantitative estimate of drug-likeness (QED) is 0.403. The highest BCUT2D eigenvalue weighted by Gasteiger charge is 2.25. The second-order valence-electron chi connectivity index (χ2n) is 7.56. The zero-order chi connectivity index (χ0) is 22.9. The van der Waals surface area contributed by atoms with Crippen LogP contribution in [0.1, 0.15) is 54.3 Å². The number of carbonyl (C=O) groups excluding carboxylic acids is 1. The third kappa shape index (κ3) is 6.17. The van der Waals surface area contributed by atoms with Gasteiger partial charge in [0, 0.05) is 30.4 Å². The van der Waals surface area contributed by atoms with E-state index in [0.717, 1.165) is 11.1 Å². The van der Waals surface area contributed by atoms with E-state index < -0.39 is 18.0 Å². The first-order valence-electron chi connectivity index (χ1n) is 10.6.